The van der Waals surface area contributed by atoms with E-state index in [2.05, 4.69) is 47.7 Å². The molecule has 0 amide bonds. The van der Waals surface area contributed by atoms with Crippen molar-refractivity contribution in [2.75, 3.05) is 34.5 Å². The van der Waals surface area contributed by atoms with Crippen molar-refractivity contribution in [1.82, 2.24) is 0 Å². The van der Waals surface area contributed by atoms with Crippen molar-refractivity contribution < 1.29 is 32.8 Å². The first-order valence-electron chi connectivity index (χ1n) is 16.1. The Kier molecular flexibility index (Phi) is 13.8. The van der Waals surface area contributed by atoms with Crippen LogP contribution in [0.25, 0.3) is 0 Å². The second kappa shape index (κ2) is 16.6. The Morgan fingerprint density at radius 3 is 1.93 bits per heavy atom. The first-order valence-corrected chi connectivity index (χ1v) is 19.0. The SMILES string of the molecule is COc1ccc(COC[C@@H]2O[C@@](CC[C@H](C)[C@H](COCc3ccc(OC)cc3)O[Si](C)(C)C(C)(C)C)(OC)CC[C@@H]2C)cc1. The normalized spacial score (nSPS) is 22.4. The van der Waals surface area contributed by atoms with Crippen molar-refractivity contribution in [2.45, 2.75) is 110 Å². The molecule has 8 heteroatoms. The van der Waals surface area contributed by atoms with E-state index in [1.807, 2.05) is 48.5 Å². The number of benzene rings is 2. The number of rotatable bonds is 17. The number of hydrogen-bond acceptors (Lipinski definition) is 7. The van der Waals surface area contributed by atoms with Crippen molar-refractivity contribution in [3.63, 3.8) is 0 Å². The van der Waals surface area contributed by atoms with Crippen molar-refractivity contribution >= 4 is 8.32 Å². The largest absolute Gasteiger partial charge is 0.497 e. The van der Waals surface area contributed by atoms with E-state index in [0.29, 0.717) is 32.3 Å². The minimum atomic E-state index is -2.02. The van der Waals surface area contributed by atoms with Crippen LogP contribution in [-0.2, 0) is 36.6 Å². The van der Waals surface area contributed by atoms with Crippen LogP contribution in [-0.4, -0.2) is 60.9 Å². The van der Waals surface area contributed by atoms with Gasteiger partial charge in [-0.1, -0.05) is 58.9 Å². The monoisotopic (exact) mass is 630 g/mol. The summed E-state index contributed by atoms with van der Waals surface area (Å²) < 4.78 is 42.8. The minimum absolute atomic E-state index is 0.0193. The maximum absolute atomic E-state index is 6.98. The average Bonchev–Trinajstić information content (AvgIpc) is 3.00. The predicted octanol–water partition coefficient (Wildman–Crippen LogP) is 8.40. The molecule has 1 heterocycles. The Labute approximate surface area is 268 Å². The molecule has 0 aliphatic carbocycles. The maximum atomic E-state index is 6.98. The first kappa shape index (κ1) is 36.5. The molecule has 5 atom stereocenters. The van der Waals surface area contributed by atoms with Crippen molar-refractivity contribution in [1.29, 1.82) is 0 Å². The van der Waals surface area contributed by atoms with Crippen molar-refractivity contribution in [3.8, 4) is 11.5 Å². The molecule has 0 saturated carbocycles. The van der Waals surface area contributed by atoms with Gasteiger partial charge in [0, 0.05) is 20.0 Å². The highest BCUT2D eigenvalue weighted by Crippen LogP contribution is 2.40. The molecule has 0 bridgehead atoms. The summed E-state index contributed by atoms with van der Waals surface area (Å²) in [6.07, 6.45) is 3.56. The van der Waals surface area contributed by atoms with Crippen LogP contribution in [0.2, 0.25) is 18.1 Å². The molecule has 1 aliphatic heterocycles. The van der Waals surface area contributed by atoms with E-state index >= 15 is 0 Å². The molecule has 0 aromatic heterocycles. The lowest BCUT2D eigenvalue weighted by molar-refractivity contribution is -0.291. The molecule has 2 aromatic carbocycles. The third kappa shape index (κ3) is 10.6. The van der Waals surface area contributed by atoms with Gasteiger partial charge in [0.25, 0.3) is 0 Å². The van der Waals surface area contributed by atoms with E-state index in [1.165, 1.54) is 0 Å². The average molecular weight is 631 g/mol. The van der Waals surface area contributed by atoms with Crippen LogP contribution >= 0.6 is 0 Å². The minimum Gasteiger partial charge on any atom is -0.497 e. The highest BCUT2D eigenvalue weighted by molar-refractivity contribution is 6.74. The van der Waals surface area contributed by atoms with E-state index in [4.69, 9.17) is 32.8 Å². The number of ether oxygens (including phenoxy) is 6. The summed E-state index contributed by atoms with van der Waals surface area (Å²) in [5.41, 5.74) is 2.23. The zero-order chi connectivity index (χ0) is 32.4. The topological polar surface area (TPSA) is 64.6 Å². The van der Waals surface area contributed by atoms with Crippen molar-refractivity contribution in [2.24, 2.45) is 11.8 Å². The molecule has 0 N–H and O–H groups in total. The fourth-order valence-electron chi connectivity index (χ4n) is 5.25. The van der Waals surface area contributed by atoms with Gasteiger partial charge in [-0.25, -0.2) is 0 Å². The van der Waals surface area contributed by atoms with E-state index in [-0.39, 0.29) is 23.2 Å². The molecule has 1 aliphatic rings. The second-order valence-corrected chi connectivity index (χ2v) is 18.7. The fourth-order valence-corrected chi connectivity index (χ4v) is 6.66. The summed E-state index contributed by atoms with van der Waals surface area (Å²) in [7, 11) is 3.11. The lowest BCUT2D eigenvalue weighted by Gasteiger charge is -2.44. The third-order valence-corrected chi connectivity index (χ3v) is 14.1. The van der Waals surface area contributed by atoms with Gasteiger partial charge >= 0.3 is 0 Å². The van der Waals surface area contributed by atoms with Crippen LogP contribution in [0, 0.1) is 11.8 Å². The van der Waals surface area contributed by atoms with E-state index < -0.39 is 14.1 Å². The molecule has 0 unspecified atom stereocenters. The summed E-state index contributed by atoms with van der Waals surface area (Å²) in [6, 6.07) is 16.0. The van der Waals surface area contributed by atoms with Crippen LogP contribution in [0.4, 0.5) is 0 Å². The van der Waals surface area contributed by atoms with E-state index in [9.17, 15) is 0 Å². The van der Waals surface area contributed by atoms with E-state index in [0.717, 1.165) is 48.3 Å². The molecule has 7 nitrogen and oxygen atoms in total. The lowest BCUT2D eigenvalue weighted by atomic mass is 9.87. The highest BCUT2D eigenvalue weighted by atomic mass is 28.4. The quantitative estimate of drug-likeness (QED) is 0.163. The van der Waals surface area contributed by atoms with Crippen LogP contribution in [0.1, 0.15) is 71.4 Å². The van der Waals surface area contributed by atoms with Crippen LogP contribution in [0.5, 0.6) is 11.5 Å². The Hall–Kier alpha value is -1.94. The molecular weight excluding hydrogens is 572 g/mol. The first-order chi connectivity index (χ1) is 20.8. The maximum Gasteiger partial charge on any atom is 0.192 e. The molecule has 0 radical (unpaired) electrons. The second-order valence-electron chi connectivity index (χ2n) is 13.9. The summed E-state index contributed by atoms with van der Waals surface area (Å²) in [5.74, 6) is 1.73. The zero-order valence-corrected chi connectivity index (χ0v) is 29.9. The number of hydrogen-bond donors (Lipinski definition) is 0. The van der Waals surface area contributed by atoms with Crippen LogP contribution in [0.3, 0.4) is 0 Å². The summed E-state index contributed by atoms with van der Waals surface area (Å²) >= 11 is 0. The fraction of sp³-hybridized carbons (Fsp3) is 0.667. The smallest absolute Gasteiger partial charge is 0.192 e. The zero-order valence-electron chi connectivity index (χ0n) is 28.9. The van der Waals surface area contributed by atoms with E-state index in [1.54, 1.807) is 21.3 Å². The van der Waals surface area contributed by atoms with Crippen LogP contribution in [0.15, 0.2) is 48.5 Å². The number of methoxy groups -OCH3 is 3. The Morgan fingerprint density at radius 1 is 0.886 bits per heavy atom. The molecule has 0 spiro atoms. The Morgan fingerprint density at radius 2 is 1.43 bits per heavy atom. The standard InChI is InChI=1S/C36H58O7Si/c1-27-19-21-36(39-8,42-33(27)25-40-23-29-11-15-31(37-6)16-12-29)22-20-28(2)34(43-44(9,10)35(3,4)5)26-41-24-30-13-17-32(38-7)18-14-30/h11-18,27-28,33-34H,19-26H2,1-10H3/t27-,28-,33-,34-,36-/m0/s1. The summed E-state index contributed by atoms with van der Waals surface area (Å²) in [4.78, 5) is 0. The van der Waals surface area contributed by atoms with Gasteiger partial charge in [0.15, 0.2) is 14.1 Å². The molecule has 1 fully saturated rings. The van der Waals surface area contributed by atoms with Gasteiger partial charge < -0.3 is 32.8 Å². The molecule has 3 rings (SSSR count). The van der Waals surface area contributed by atoms with Gasteiger partial charge in [-0.05, 0) is 78.2 Å². The van der Waals surface area contributed by atoms with Gasteiger partial charge in [-0.15, -0.1) is 0 Å². The molecule has 248 valence electrons. The lowest BCUT2D eigenvalue weighted by Crippen LogP contribution is -2.49. The summed E-state index contributed by atoms with van der Waals surface area (Å²) in [5, 5.41) is 0.108. The van der Waals surface area contributed by atoms with Gasteiger partial charge in [-0.3, -0.25) is 0 Å². The van der Waals surface area contributed by atoms with Gasteiger partial charge in [0.2, 0.25) is 0 Å². The molecule has 44 heavy (non-hydrogen) atoms. The molecule has 1 saturated heterocycles. The molecular formula is C36H58O7Si. The van der Waals surface area contributed by atoms with Gasteiger partial charge in [-0.2, -0.15) is 0 Å². The Bertz CT molecular complexity index is 1100. The van der Waals surface area contributed by atoms with Gasteiger partial charge in [0.05, 0.1) is 52.9 Å². The predicted molar refractivity (Wildman–Crippen MR) is 179 cm³/mol. The summed E-state index contributed by atoms with van der Waals surface area (Å²) in [6.45, 7) is 18.2. The van der Waals surface area contributed by atoms with Crippen molar-refractivity contribution in [3.05, 3.63) is 59.7 Å². The van der Waals surface area contributed by atoms with Crippen LogP contribution < -0.4 is 9.47 Å². The Balaban J connectivity index is 1.60. The molecule has 2 aromatic rings. The third-order valence-electron chi connectivity index (χ3n) is 9.64. The van der Waals surface area contributed by atoms with Gasteiger partial charge in [0.1, 0.15) is 11.5 Å². The highest BCUT2D eigenvalue weighted by Gasteiger charge is 2.43.